The zero-order valence-corrected chi connectivity index (χ0v) is 12.9. The first kappa shape index (κ1) is 16.4. The van der Waals surface area contributed by atoms with E-state index in [1.807, 2.05) is 0 Å². The molecule has 2 aromatic rings. The molecule has 0 radical (unpaired) electrons. The van der Waals surface area contributed by atoms with E-state index in [4.69, 9.17) is 9.47 Å². The molecule has 0 fully saturated rings. The highest BCUT2D eigenvalue weighted by molar-refractivity contribution is 5.97. The maximum atomic E-state index is 13.4. The molecule has 5 heteroatoms. The standard InChI is InChI=1S/C18H16FNO3/c1-22-14-9-10-15(17(12-14)23-2)18(21)20-11-5-7-13-6-3-4-8-16(13)19/h3-4,6,8-10,12H,11H2,1-2H3,(H,20,21). The van der Waals surface area contributed by atoms with Gasteiger partial charge in [-0.15, -0.1) is 0 Å². The van der Waals surface area contributed by atoms with Crippen molar-refractivity contribution in [2.45, 2.75) is 0 Å². The molecule has 4 nitrogen and oxygen atoms in total. The number of hydrogen-bond donors (Lipinski definition) is 1. The minimum atomic E-state index is -0.386. The molecule has 2 rings (SSSR count). The number of ether oxygens (including phenoxy) is 2. The van der Waals surface area contributed by atoms with Crippen molar-refractivity contribution in [3.63, 3.8) is 0 Å². The fourth-order valence-electron chi connectivity index (χ4n) is 1.91. The minimum absolute atomic E-state index is 0.0996. The van der Waals surface area contributed by atoms with Gasteiger partial charge < -0.3 is 14.8 Å². The van der Waals surface area contributed by atoms with Crippen molar-refractivity contribution in [3.8, 4) is 23.3 Å². The molecule has 0 saturated heterocycles. The lowest BCUT2D eigenvalue weighted by Crippen LogP contribution is -2.24. The molecule has 2 aromatic carbocycles. The Balaban J connectivity index is 2.02. The lowest BCUT2D eigenvalue weighted by molar-refractivity contribution is 0.0955. The highest BCUT2D eigenvalue weighted by Crippen LogP contribution is 2.24. The maximum absolute atomic E-state index is 13.4. The summed E-state index contributed by atoms with van der Waals surface area (Å²) in [7, 11) is 3.01. The van der Waals surface area contributed by atoms with Crippen LogP contribution in [0.15, 0.2) is 42.5 Å². The number of nitrogens with one attached hydrogen (secondary N) is 1. The van der Waals surface area contributed by atoms with Gasteiger partial charge in [0.2, 0.25) is 0 Å². The molecule has 0 saturated carbocycles. The Hall–Kier alpha value is -3.00. The van der Waals surface area contributed by atoms with Crippen molar-refractivity contribution in [3.05, 3.63) is 59.4 Å². The quantitative estimate of drug-likeness (QED) is 0.883. The predicted molar refractivity (Wildman–Crippen MR) is 85.2 cm³/mol. The summed E-state index contributed by atoms with van der Waals surface area (Å²) in [6.07, 6.45) is 0. The number of halogens is 1. The van der Waals surface area contributed by atoms with Gasteiger partial charge in [-0.1, -0.05) is 24.0 Å². The SMILES string of the molecule is COc1ccc(C(=O)NCC#Cc2ccccc2F)c(OC)c1. The van der Waals surface area contributed by atoms with Gasteiger partial charge in [-0.3, -0.25) is 4.79 Å². The molecular weight excluding hydrogens is 297 g/mol. The fraction of sp³-hybridized carbons (Fsp3) is 0.167. The van der Waals surface area contributed by atoms with Gasteiger partial charge in [0.15, 0.2) is 0 Å². The van der Waals surface area contributed by atoms with E-state index in [0.717, 1.165) is 0 Å². The monoisotopic (exact) mass is 313 g/mol. The zero-order valence-electron chi connectivity index (χ0n) is 12.9. The molecule has 1 amide bonds. The number of hydrogen-bond acceptors (Lipinski definition) is 3. The van der Waals surface area contributed by atoms with Gasteiger partial charge in [0, 0.05) is 6.07 Å². The van der Waals surface area contributed by atoms with Crippen LogP contribution in [0.1, 0.15) is 15.9 Å². The summed E-state index contributed by atoms with van der Waals surface area (Å²) in [5.41, 5.74) is 0.671. The average Bonchev–Trinajstić information content (AvgIpc) is 2.59. The van der Waals surface area contributed by atoms with Gasteiger partial charge in [-0.25, -0.2) is 4.39 Å². The minimum Gasteiger partial charge on any atom is -0.497 e. The lowest BCUT2D eigenvalue weighted by Gasteiger charge is -2.09. The van der Waals surface area contributed by atoms with Gasteiger partial charge in [0.25, 0.3) is 5.91 Å². The summed E-state index contributed by atoms with van der Waals surface area (Å²) in [6, 6.07) is 11.1. The molecule has 0 aromatic heterocycles. The third-order valence-corrected chi connectivity index (χ3v) is 3.09. The summed E-state index contributed by atoms with van der Waals surface area (Å²) in [4.78, 5) is 12.1. The van der Waals surface area contributed by atoms with E-state index in [2.05, 4.69) is 17.2 Å². The van der Waals surface area contributed by atoms with Crippen LogP contribution >= 0.6 is 0 Å². The number of benzene rings is 2. The topological polar surface area (TPSA) is 47.6 Å². The van der Waals surface area contributed by atoms with E-state index >= 15 is 0 Å². The average molecular weight is 313 g/mol. The van der Waals surface area contributed by atoms with E-state index < -0.39 is 0 Å². The largest absolute Gasteiger partial charge is 0.497 e. The van der Waals surface area contributed by atoms with E-state index in [1.54, 1.807) is 36.4 Å². The Labute approximate surface area is 134 Å². The fourth-order valence-corrected chi connectivity index (χ4v) is 1.91. The highest BCUT2D eigenvalue weighted by Gasteiger charge is 2.12. The van der Waals surface area contributed by atoms with Gasteiger partial charge >= 0.3 is 0 Å². The summed E-state index contributed by atoms with van der Waals surface area (Å²) in [5.74, 6) is 5.68. The Bertz CT molecular complexity index is 762. The normalized spacial score (nSPS) is 9.52. The third kappa shape index (κ3) is 4.24. The van der Waals surface area contributed by atoms with Crippen molar-refractivity contribution in [1.29, 1.82) is 0 Å². The van der Waals surface area contributed by atoms with Crippen molar-refractivity contribution in [1.82, 2.24) is 5.32 Å². The molecule has 0 spiro atoms. The molecule has 0 aliphatic rings. The van der Waals surface area contributed by atoms with Gasteiger partial charge in [0.1, 0.15) is 17.3 Å². The van der Waals surface area contributed by atoms with Crippen LogP contribution < -0.4 is 14.8 Å². The molecule has 0 heterocycles. The molecule has 0 unspecified atom stereocenters. The van der Waals surface area contributed by atoms with Gasteiger partial charge in [-0.05, 0) is 24.3 Å². The summed E-state index contributed by atoms with van der Waals surface area (Å²) in [5, 5.41) is 2.65. The van der Waals surface area contributed by atoms with Crippen LogP contribution in [0.4, 0.5) is 4.39 Å². The van der Waals surface area contributed by atoms with Crippen molar-refractivity contribution < 1.29 is 18.7 Å². The first-order valence-electron chi connectivity index (χ1n) is 6.89. The molecule has 23 heavy (non-hydrogen) atoms. The van der Waals surface area contributed by atoms with E-state index in [1.165, 1.54) is 20.3 Å². The van der Waals surface area contributed by atoms with Crippen LogP contribution in [-0.4, -0.2) is 26.7 Å². The Morgan fingerprint density at radius 1 is 1.17 bits per heavy atom. The summed E-state index contributed by atoms with van der Waals surface area (Å²) in [6.45, 7) is 0.0996. The Morgan fingerprint density at radius 2 is 1.96 bits per heavy atom. The van der Waals surface area contributed by atoms with E-state index in [-0.39, 0.29) is 18.3 Å². The number of carbonyl (C=O) groups excluding carboxylic acids is 1. The molecular formula is C18H16FNO3. The van der Waals surface area contributed by atoms with Crippen LogP contribution in [0.3, 0.4) is 0 Å². The molecule has 0 aliphatic carbocycles. The van der Waals surface area contributed by atoms with Crippen molar-refractivity contribution >= 4 is 5.91 Å². The summed E-state index contributed by atoms with van der Waals surface area (Å²) < 4.78 is 23.6. The molecule has 118 valence electrons. The van der Waals surface area contributed by atoms with Crippen LogP contribution in [0.5, 0.6) is 11.5 Å². The lowest BCUT2D eigenvalue weighted by atomic mass is 10.1. The Morgan fingerprint density at radius 3 is 2.65 bits per heavy atom. The first-order valence-corrected chi connectivity index (χ1v) is 6.89. The molecule has 0 bridgehead atoms. The number of amides is 1. The van der Waals surface area contributed by atoms with E-state index in [9.17, 15) is 9.18 Å². The molecule has 1 N–H and O–H groups in total. The summed E-state index contributed by atoms with van der Waals surface area (Å²) >= 11 is 0. The highest BCUT2D eigenvalue weighted by atomic mass is 19.1. The second kappa shape index (κ2) is 7.85. The number of carbonyl (C=O) groups is 1. The third-order valence-electron chi connectivity index (χ3n) is 3.09. The van der Waals surface area contributed by atoms with E-state index in [0.29, 0.717) is 22.6 Å². The first-order chi connectivity index (χ1) is 11.2. The molecule has 0 aliphatic heterocycles. The number of rotatable bonds is 4. The van der Waals surface area contributed by atoms with Crippen LogP contribution in [-0.2, 0) is 0 Å². The second-order valence-electron chi connectivity index (χ2n) is 4.53. The van der Waals surface area contributed by atoms with Crippen LogP contribution in [0.2, 0.25) is 0 Å². The predicted octanol–water partition coefficient (Wildman–Crippen LogP) is 2.62. The Kier molecular flexibility index (Phi) is 5.59. The van der Waals surface area contributed by atoms with Crippen molar-refractivity contribution in [2.24, 2.45) is 0 Å². The number of methoxy groups -OCH3 is 2. The smallest absolute Gasteiger partial charge is 0.255 e. The van der Waals surface area contributed by atoms with Gasteiger partial charge in [0.05, 0.1) is 31.9 Å². The maximum Gasteiger partial charge on any atom is 0.255 e. The van der Waals surface area contributed by atoms with Crippen LogP contribution in [0.25, 0.3) is 0 Å². The van der Waals surface area contributed by atoms with Crippen LogP contribution in [0, 0.1) is 17.7 Å². The zero-order chi connectivity index (χ0) is 16.7. The molecule has 0 atom stereocenters. The van der Waals surface area contributed by atoms with Gasteiger partial charge in [-0.2, -0.15) is 0 Å². The second-order valence-corrected chi connectivity index (χ2v) is 4.53. The van der Waals surface area contributed by atoms with Crippen molar-refractivity contribution in [2.75, 3.05) is 20.8 Å².